The van der Waals surface area contributed by atoms with E-state index >= 15 is 0 Å². The smallest absolute Gasteiger partial charge is 0.338 e. The summed E-state index contributed by atoms with van der Waals surface area (Å²) in [5.41, 5.74) is 1.46. The molecule has 7 heteroatoms. The van der Waals surface area contributed by atoms with Crippen LogP contribution < -0.4 is 5.32 Å². The first kappa shape index (κ1) is 25.9. The Morgan fingerprint density at radius 2 is 1.87 bits per heavy atom. The molecule has 1 aliphatic rings. The van der Waals surface area contributed by atoms with Crippen LogP contribution in [0.15, 0.2) is 47.4 Å². The van der Waals surface area contributed by atoms with Gasteiger partial charge in [-0.3, -0.25) is 4.79 Å². The van der Waals surface area contributed by atoms with Gasteiger partial charge < -0.3 is 14.8 Å². The van der Waals surface area contributed by atoms with Crippen LogP contribution in [0.25, 0.3) is 0 Å². The predicted molar refractivity (Wildman–Crippen MR) is 137 cm³/mol. The topological polar surface area (TPSA) is 64.6 Å². The standard InChI is InChI=1S/C24H32INO4S/c1-6-7-8-9-16(2)21(27)20-14-19(29-15-25)22(31-20)26-18-12-10-17(11-13-18)23(28)30-24(3,4)5/h10-14,19,22,26H,2,6-9,15H2,1,3-5H3. The molecule has 0 saturated carbocycles. The first-order valence-corrected chi connectivity index (χ1v) is 12.9. The molecule has 1 heterocycles. The number of carbonyl (C=O) groups is 2. The Morgan fingerprint density at radius 3 is 2.45 bits per heavy atom. The van der Waals surface area contributed by atoms with E-state index in [4.69, 9.17) is 9.47 Å². The van der Waals surface area contributed by atoms with Crippen LogP contribution in [-0.2, 0) is 14.3 Å². The third-order valence-corrected chi connectivity index (χ3v) is 6.15. The van der Waals surface area contributed by atoms with Gasteiger partial charge in [-0.25, -0.2) is 4.79 Å². The average molecular weight is 557 g/mol. The zero-order valence-corrected chi connectivity index (χ0v) is 21.7. The Balaban J connectivity index is 2.02. The lowest BCUT2D eigenvalue weighted by molar-refractivity contribution is -0.111. The van der Waals surface area contributed by atoms with Gasteiger partial charge >= 0.3 is 5.97 Å². The van der Waals surface area contributed by atoms with Gasteiger partial charge in [-0.15, -0.1) is 0 Å². The van der Waals surface area contributed by atoms with Gasteiger partial charge in [0.05, 0.1) is 15.1 Å². The molecule has 170 valence electrons. The van der Waals surface area contributed by atoms with E-state index in [1.807, 2.05) is 39.0 Å². The molecule has 1 N–H and O–H groups in total. The number of hydrogen-bond donors (Lipinski definition) is 1. The molecule has 0 amide bonds. The molecule has 1 aliphatic heterocycles. The fourth-order valence-corrected chi connectivity index (χ4v) is 4.65. The summed E-state index contributed by atoms with van der Waals surface area (Å²) in [5.74, 6) is -0.343. The molecular formula is C24H32INO4S. The monoisotopic (exact) mass is 557 g/mol. The van der Waals surface area contributed by atoms with Crippen LogP contribution in [0.5, 0.6) is 0 Å². The fourth-order valence-electron chi connectivity index (χ4n) is 3.01. The summed E-state index contributed by atoms with van der Waals surface area (Å²) in [6.07, 6.45) is 5.59. The quantitative estimate of drug-likeness (QED) is 0.110. The SMILES string of the molecule is C=C(CCCCC)C(=O)C1=CC(OCI)C(Nc2ccc(C(=O)OC(C)(C)C)cc2)S1. The molecule has 1 aromatic rings. The maximum Gasteiger partial charge on any atom is 0.338 e. The maximum atomic E-state index is 12.8. The Hall–Kier alpha value is -1.32. The molecule has 0 aliphatic carbocycles. The molecule has 0 saturated heterocycles. The lowest BCUT2D eigenvalue weighted by Crippen LogP contribution is -2.28. The highest BCUT2D eigenvalue weighted by Crippen LogP contribution is 2.37. The molecular weight excluding hydrogens is 525 g/mol. The summed E-state index contributed by atoms with van der Waals surface area (Å²) in [4.78, 5) is 25.7. The summed E-state index contributed by atoms with van der Waals surface area (Å²) in [5, 5.41) is 3.28. The van der Waals surface area contributed by atoms with Gasteiger partial charge in [-0.05, 0) is 69.5 Å². The second kappa shape index (κ2) is 12.1. The number of ketones is 1. The molecule has 2 unspecified atom stereocenters. The molecule has 1 aromatic carbocycles. The first-order valence-electron chi connectivity index (χ1n) is 10.5. The van der Waals surface area contributed by atoms with E-state index in [0.717, 1.165) is 31.4 Å². The second-order valence-electron chi connectivity index (χ2n) is 8.42. The Bertz CT molecular complexity index is 814. The van der Waals surface area contributed by atoms with Crippen molar-refractivity contribution in [3.63, 3.8) is 0 Å². The number of anilines is 1. The highest BCUT2D eigenvalue weighted by molar-refractivity contribution is 14.1. The Morgan fingerprint density at radius 1 is 1.19 bits per heavy atom. The summed E-state index contributed by atoms with van der Waals surface area (Å²) in [6, 6.07) is 7.15. The molecule has 2 atom stereocenters. The molecule has 0 bridgehead atoms. The van der Waals surface area contributed by atoms with E-state index < -0.39 is 5.60 Å². The lowest BCUT2D eigenvalue weighted by Gasteiger charge is -2.21. The van der Waals surface area contributed by atoms with Crippen molar-refractivity contribution in [2.75, 3.05) is 9.93 Å². The van der Waals surface area contributed by atoms with Gasteiger partial charge in [0.1, 0.15) is 17.1 Å². The van der Waals surface area contributed by atoms with Crippen LogP contribution in [-0.4, -0.2) is 33.4 Å². The van der Waals surface area contributed by atoms with E-state index in [1.54, 1.807) is 12.1 Å². The number of unbranched alkanes of at least 4 members (excludes halogenated alkanes) is 2. The summed E-state index contributed by atoms with van der Waals surface area (Å²) >= 11 is 3.63. The van der Waals surface area contributed by atoms with Crippen LogP contribution in [0.1, 0.15) is 63.7 Å². The number of Topliss-reactive ketones (excluding diaryl/α,β-unsaturated/α-hetero) is 1. The number of alkyl halides is 1. The van der Waals surface area contributed by atoms with Crippen LogP contribution >= 0.6 is 34.4 Å². The van der Waals surface area contributed by atoms with Gasteiger partial charge in [0.25, 0.3) is 0 Å². The number of rotatable bonds is 11. The number of benzene rings is 1. The van der Waals surface area contributed by atoms with Gasteiger partial charge in [0, 0.05) is 5.69 Å². The largest absolute Gasteiger partial charge is 0.456 e. The molecule has 0 spiro atoms. The van der Waals surface area contributed by atoms with Gasteiger partial charge in [-0.2, -0.15) is 0 Å². The fraction of sp³-hybridized carbons (Fsp3) is 0.500. The third kappa shape index (κ3) is 8.27. The van der Waals surface area contributed by atoms with Crippen LogP contribution in [0.3, 0.4) is 0 Å². The van der Waals surface area contributed by atoms with Crippen molar-refractivity contribution in [2.45, 2.75) is 70.5 Å². The van der Waals surface area contributed by atoms with Crippen molar-refractivity contribution in [3.05, 3.63) is 53.0 Å². The molecule has 0 aromatic heterocycles. The van der Waals surface area contributed by atoms with E-state index in [9.17, 15) is 9.59 Å². The number of thioether (sulfide) groups is 1. The highest BCUT2D eigenvalue weighted by Gasteiger charge is 2.32. The number of ether oxygens (including phenoxy) is 2. The first-order chi connectivity index (χ1) is 14.6. The Labute approximate surface area is 203 Å². The predicted octanol–water partition coefficient (Wildman–Crippen LogP) is 6.49. The highest BCUT2D eigenvalue weighted by atomic mass is 127. The molecule has 2 rings (SSSR count). The van der Waals surface area contributed by atoms with Gasteiger partial charge in [0.2, 0.25) is 0 Å². The number of halogens is 1. The van der Waals surface area contributed by atoms with Crippen molar-refractivity contribution in [1.82, 2.24) is 0 Å². The van der Waals surface area contributed by atoms with E-state index in [1.165, 1.54) is 11.8 Å². The van der Waals surface area contributed by atoms with E-state index in [0.29, 0.717) is 20.7 Å². The summed E-state index contributed by atoms with van der Waals surface area (Å²) < 4.78 is 11.8. The van der Waals surface area contributed by atoms with Crippen molar-refractivity contribution in [3.8, 4) is 0 Å². The summed E-state index contributed by atoms with van der Waals surface area (Å²) in [6.45, 7) is 11.7. The van der Waals surface area contributed by atoms with Crippen LogP contribution in [0, 0.1) is 0 Å². The minimum atomic E-state index is -0.534. The van der Waals surface area contributed by atoms with Crippen molar-refractivity contribution in [1.29, 1.82) is 0 Å². The summed E-state index contributed by atoms with van der Waals surface area (Å²) in [7, 11) is 0. The number of nitrogens with one attached hydrogen (secondary N) is 1. The number of allylic oxidation sites excluding steroid dienone is 2. The molecule has 31 heavy (non-hydrogen) atoms. The van der Waals surface area contributed by atoms with Crippen LogP contribution in [0.4, 0.5) is 5.69 Å². The average Bonchev–Trinajstić information content (AvgIpc) is 3.09. The molecule has 0 fully saturated rings. The van der Waals surface area contributed by atoms with E-state index in [2.05, 4.69) is 41.4 Å². The molecule has 5 nitrogen and oxygen atoms in total. The maximum absolute atomic E-state index is 12.8. The van der Waals surface area contributed by atoms with Crippen LogP contribution in [0.2, 0.25) is 0 Å². The zero-order chi connectivity index (χ0) is 23.0. The molecule has 0 radical (unpaired) electrons. The minimum Gasteiger partial charge on any atom is -0.456 e. The van der Waals surface area contributed by atoms with Crippen molar-refractivity contribution in [2.24, 2.45) is 0 Å². The van der Waals surface area contributed by atoms with Crippen molar-refractivity contribution < 1.29 is 19.1 Å². The van der Waals surface area contributed by atoms with Gasteiger partial charge in [0.15, 0.2) is 5.78 Å². The number of hydrogen-bond acceptors (Lipinski definition) is 6. The third-order valence-electron chi connectivity index (χ3n) is 4.58. The van der Waals surface area contributed by atoms with E-state index in [-0.39, 0.29) is 23.2 Å². The minimum absolute atomic E-state index is 0.00716. The number of esters is 1. The second-order valence-corrected chi connectivity index (χ2v) is 10.2. The lowest BCUT2D eigenvalue weighted by atomic mass is 10.0. The normalized spacial score (nSPS) is 18.4. The zero-order valence-electron chi connectivity index (χ0n) is 18.7. The van der Waals surface area contributed by atoms with Gasteiger partial charge in [-0.1, -0.05) is 60.7 Å². The Kier molecular flexibility index (Phi) is 10.1. The van der Waals surface area contributed by atoms with Crippen molar-refractivity contribution >= 4 is 51.8 Å². The number of carbonyl (C=O) groups excluding carboxylic acids is 2.